The van der Waals surface area contributed by atoms with E-state index in [4.69, 9.17) is 9.76 Å². The number of allylic oxidation sites excluding steroid dienone is 2. The Kier molecular flexibility index (Phi) is 7.33. The standard InChI is InChI=1S/C29H34BNO7/c1-16(2)20-14-22-26(29(36)31(28(22)35)13-7-3-4-10-25(33)34)21-15-24(38-30(37)27(20)21)19-11-12-23(32)18-9-6-5-8-17(18)19/h5-6,8-9,11-12,16,21-22,24,26,32,37H,3-4,7,10,13-15H2,1-2H3,(H,33,34)/t21-,22-,24-,26+/m0/s1. The molecule has 0 saturated carbocycles. The number of benzene rings is 2. The minimum atomic E-state index is -1.18. The molecule has 0 bridgehead atoms. The monoisotopic (exact) mass is 519 g/mol. The molecule has 0 unspecified atom stereocenters. The van der Waals surface area contributed by atoms with E-state index in [1.54, 1.807) is 12.1 Å². The van der Waals surface area contributed by atoms with E-state index in [9.17, 15) is 24.5 Å². The summed E-state index contributed by atoms with van der Waals surface area (Å²) < 4.78 is 6.18. The Morgan fingerprint density at radius 2 is 1.79 bits per heavy atom. The zero-order chi connectivity index (χ0) is 27.1. The molecule has 8 nitrogen and oxygen atoms in total. The molecule has 0 spiro atoms. The van der Waals surface area contributed by atoms with Gasteiger partial charge in [0, 0.05) is 18.4 Å². The maximum atomic E-state index is 13.7. The lowest BCUT2D eigenvalue weighted by atomic mass is 9.54. The van der Waals surface area contributed by atoms with E-state index in [0.717, 1.165) is 22.0 Å². The van der Waals surface area contributed by atoms with Crippen LogP contribution >= 0.6 is 0 Å². The van der Waals surface area contributed by atoms with Crippen molar-refractivity contribution < 1.29 is 34.3 Å². The van der Waals surface area contributed by atoms with Crippen LogP contribution in [0, 0.1) is 23.7 Å². The van der Waals surface area contributed by atoms with Gasteiger partial charge in [0.25, 0.3) is 0 Å². The van der Waals surface area contributed by atoms with Gasteiger partial charge in [-0.1, -0.05) is 56.2 Å². The van der Waals surface area contributed by atoms with Crippen molar-refractivity contribution in [2.75, 3.05) is 6.54 Å². The van der Waals surface area contributed by atoms with Gasteiger partial charge < -0.3 is 19.9 Å². The number of phenolic OH excluding ortho intramolecular Hbond substituents is 1. The molecule has 2 fully saturated rings. The molecule has 4 atom stereocenters. The average Bonchev–Trinajstić information content (AvgIpc) is 3.12. The van der Waals surface area contributed by atoms with Crippen LogP contribution in [0.3, 0.4) is 0 Å². The van der Waals surface area contributed by atoms with Gasteiger partial charge in [0.2, 0.25) is 11.8 Å². The van der Waals surface area contributed by atoms with E-state index in [1.165, 1.54) is 4.90 Å². The predicted octanol–water partition coefficient (Wildman–Crippen LogP) is 4.25. The largest absolute Gasteiger partial charge is 0.507 e. The Bertz CT molecular complexity index is 1310. The van der Waals surface area contributed by atoms with Gasteiger partial charge in [-0.15, -0.1) is 0 Å². The third-order valence-electron chi connectivity index (χ3n) is 8.49. The number of aliphatic carboxylic acids is 1. The normalized spacial score (nSPS) is 25.4. The molecule has 2 aliphatic heterocycles. The zero-order valence-electron chi connectivity index (χ0n) is 21.8. The van der Waals surface area contributed by atoms with Gasteiger partial charge in [-0.3, -0.25) is 19.3 Å². The number of likely N-dealkylation sites (tertiary alicyclic amines) is 1. The summed E-state index contributed by atoms with van der Waals surface area (Å²) in [5.41, 5.74) is 2.56. The Morgan fingerprint density at radius 3 is 2.50 bits per heavy atom. The predicted molar refractivity (Wildman–Crippen MR) is 142 cm³/mol. The lowest BCUT2D eigenvalue weighted by Crippen LogP contribution is -2.45. The van der Waals surface area contributed by atoms with Crippen LogP contribution in [0.5, 0.6) is 5.75 Å². The van der Waals surface area contributed by atoms with E-state index in [1.807, 2.05) is 38.1 Å². The van der Waals surface area contributed by atoms with Crippen LogP contribution in [0.1, 0.15) is 64.0 Å². The number of rotatable bonds is 8. The van der Waals surface area contributed by atoms with Crippen molar-refractivity contribution in [3.63, 3.8) is 0 Å². The van der Waals surface area contributed by atoms with Gasteiger partial charge in [-0.25, -0.2) is 0 Å². The summed E-state index contributed by atoms with van der Waals surface area (Å²) in [5.74, 6) is -2.31. The number of phenols is 1. The van der Waals surface area contributed by atoms with E-state index in [2.05, 4.69) is 0 Å². The number of nitrogens with zero attached hydrogens (tertiary/aromatic N) is 1. The Morgan fingerprint density at radius 1 is 1.05 bits per heavy atom. The maximum absolute atomic E-state index is 13.7. The lowest BCUT2D eigenvalue weighted by molar-refractivity contribution is -0.141. The van der Waals surface area contributed by atoms with Gasteiger partial charge in [0.15, 0.2) is 0 Å². The molecule has 38 heavy (non-hydrogen) atoms. The highest BCUT2D eigenvalue weighted by atomic mass is 16.5. The van der Waals surface area contributed by atoms with Gasteiger partial charge in [-0.2, -0.15) is 0 Å². The molecule has 2 amide bonds. The number of carbonyl (C=O) groups is 3. The Hall–Kier alpha value is -3.17. The number of amides is 2. The first-order valence-corrected chi connectivity index (χ1v) is 13.5. The number of imide groups is 1. The lowest BCUT2D eigenvalue weighted by Gasteiger charge is -2.43. The molecule has 5 rings (SSSR count). The molecule has 3 N–H and O–H groups in total. The molecule has 2 heterocycles. The fraction of sp³-hybridized carbons (Fsp3) is 0.483. The molecular weight excluding hydrogens is 485 g/mol. The van der Waals surface area contributed by atoms with Crippen molar-refractivity contribution >= 4 is 35.7 Å². The first kappa shape index (κ1) is 26.4. The van der Waals surface area contributed by atoms with E-state index in [0.29, 0.717) is 37.5 Å². The topological polar surface area (TPSA) is 124 Å². The Labute approximate surface area is 222 Å². The summed E-state index contributed by atoms with van der Waals surface area (Å²) in [5, 5.41) is 32.0. The van der Waals surface area contributed by atoms with Crippen LogP contribution in [0.4, 0.5) is 0 Å². The molecule has 9 heteroatoms. The number of carboxylic acids is 1. The molecule has 200 valence electrons. The van der Waals surface area contributed by atoms with Crippen molar-refractivity contribution in [2.24, 2.45) is 23.7 Å². The second kappa shape index (κ2) is 10.5. The maximum Gasteiger partial charge on any atom is 0.487 e. The number of hydrogen-bond donors (Lipinski definition) is 3. The van der Waals surface area contributed by atoms with Crippen LogP contribution < -0.4 is 0 Å². The second-order valence-electron chi connectivity index (χ2n) is 11.0. The first-order valence-electron chi connectivity index (χ1n) is 13.5. The smallest absolute Gasteiger partial charge is 0.487 e. The van der Waals surface area contributed by atoms with Crippen molar-refractivity contribution in [3.05, 3.63) is 53.0 Å². The molecule has 0 aromatic heterocycles. The van der Waals surface area contributed by atoms with Crippen molar-refractivity contribution in [1.82, 2.24) is 4.90 Å². The molecule has 3 aliphatic rings. The van der Waals surface area contributed by atoms with Gasteiger partial charge in [0.05, 0.1) is 17.9 Å². The number of carboxylic acid groups (broad SMARTS) is 1. The average molecular weight is 519 g/mol. The number of hydrogen-bond acceptors (Lipinski definition) is 6. The molecule has 2 aromatic carbocycles. The summed E-state index contributed by atoms with van der Waals surface area (Å²) in [6.07, 6.45) is 2.16. The summed E-state index contributed by atoms with van der Waals surface area (Å²) in [6.45, 7) is 4.36. The van der Waals surface area contributed by atoms with Gasteiger partial charge >= 0.3 is 13.1 Å². The number of carbonyl (C=O) groups excluding carboxylic acids is 2. The van der Waals surface area contributed by atoms with Crippen LogP contribution in [0.15, 0.2) is 47.4 Å². The van der Waals surface area contributed by atoms with Crippen molar-refractivity contribution in [1.29, 1.82) is 0 Å². The van der Waals surface area contributed by atoms with E-state index in [-0.39, 0.29) is 42.4 Å². The third-order valence-corrected chi connectivity index (χ3v) is 8.49. The molecule has 2 aromatic rings. The Balaban J connectivity index is 1.45. The third kappa shape index (κ3) is 4.62. The minimum Gasteiger partial charge on any atom is -0.507 e. The van der Waals surface area contributed by atoms with E-state index >= 15 is 0 Å². The molecule has 0 radical (unpaired) electrons. The molecular formula is C29H34BNO7. The minimum absolute atomic E-state index is 0.0749. The first-order chi connectivity index (χ1) is 18.2. The number of fused-ring (bicyclic) bond motifs is 4. The molecule has 1 aliphatic carbocycles. The highest BCUT2D eigenvalue weighted by Gasteiger charge is 2.57. The zero-order valence-corrected chi connectivity index (χ0v) is 21.8. The highest BCUT2D eigenvalue weighted by Crippen LogP contribution is 2.53. The summed E-state index contributed by atoms with van der Waals surface area (Å²) >= 11 is 0. The van der Waals surface area contributed by atoms with Crippen LogP contribution in [-0.2, 0) is 19.0 Å². The van der Waals surface area contributed by atoms with Gasteiger partial charge in [-0.05, 0) is 60.0 Å². The van der Waals surface area contributed by atoms with Crippen LogP contribution in [-0.4, -0.2) is 51.6 Å². The summed E-state index contributed by atoms with van der Waals surface area (Å²) in [6, 6.07) is 10.9. The van der Waals surface area contributed by atoms with Crippen LogP contribution in [0.25, 0.3) is 10.8 Å². The van der Waals surface area contributed by atoms with Gasteiger partial charge in [0.1, 0.15) is 5.75 Å². The highest BCUT2D eigenvalue weighted by molar-refractivity contribution is 6.53. The van der Waals surface area contributed by atoms with E-state index < -0.39 is 31.0 Å². The second-order valence-corrected chi connectivity index (χ2v) is 11.0. The van der Waals surface area contributed by atoms with Crippen LogP contribution in [0.2, 0.25) is 0 Å². The summed E-state index contributed by atoms with van der Waals surface area (Å²) in [4.78, 5) is 39.3. The fourth-order valence-electron chi connectivity index (χ4n) is 6.70. The molecule has 2 saturated heterocycles. The number of unbranched alkanes of at least 4 members (excludes halogenated alkanes) is 2. The summed E-state index contributed by atoms with van der Waals surface area (Å²) in [7, 11) is -1.18. The fourth-order valence-corrected chi connectivity index (χ4v) is 6.70. The number of aromatic hydroxyl groups is 1. The van der Waals surface area contributed by atoms with Crippen molar-refractivity contribution in [2.45, 2.75) is 58.5 Å². The quantitative estimate of drug-likeness (QED) is 0.271. The van der Waals surface area contributed by atoms with Crippen molar-refractivity contribution in [3.8, 4) is 5.75 Å². The SMILES string of the molecule is CC(C)C1=C2B(O)O[C@H](c3ccc(O)c4ccccc34)C[C@H]2[C@H]2C(=O)N(CCCCCC(=O)O)C(=O)[C@H]2C1.